The summed E-state index contributed by atoms with van der Waals surface area (Å²) in [5.74, 6) is 0.790. The zero-order chi connectivity index (χ0) is 17.6. The molecule has 2 aromatic carbocycles. The number of rotatable bonds is 3. The predicted molar refractivity (Wildman–Crippen MR) is 98.1 cm³/mol. The summed E-state index contributed by atoms with van der Waals surface area (Å²) < 4.78 is 10.6. The molecule has 130 valence electrons. The molecule has 0 bridgehead atoms. The van der Waals surface area contributed by atoms with Gasteiger partial charge in [0.2, 0.25) is 5.75 Å². The Morgan fingerprint density at radius 3 is 2.52 bits per heavy atom. The molecule has 3 N–H and O–H groups in total. The van der Waals surface area contributed by atoms with Crippen LogP contribution in [0.3, 0.4) is 0 Å². The molecule has 0 aliphatic carbocycles. The van der Waals surface area contributed by atoms with E-state index in [0.29, 0.717) is 11.5 Å². The molecule has 5 nitrogen and oxygen atoms in total. The van der Waals surface area contributed by atoms with E-state index in [1.54, 1.807) is 0 Å². The zero-order valence-corrected chi connectivity index (χ0v) is 14.8. The lowest BCUT2D eigenvalue weighted by molar-refractivity contribution is 0.338. The molecule has 1 aliphatic heterocycles. The third kappa shape index (κ3) is 2.60. The molecule has 0 fully saturated rings. The summed E-state index contributed by atoms with van der Waals surface area (Å²) in [6, 6.07) is 9.53. The van der Waals surface area contributed by atoms with E-state index in [4.69, 9.17) is 21.1 Å². The molecule has 4 rings (SSSR count). The summed E-state index contributed by atoms with van der Waals surface area (Å²) in [5, 5.41) is 15.6. The van der Waals surface area contributed by atoms with Crippen molar-refractivity contribution in [2.45, 2.75) is 12.5 Å². The Hall–Kier alpha value is -2.37. The highest BCUT2D eigenvalue weighted by molar-refractivity contribution is 6.31. The van der Waals surface area contributed by atoms with Crippen molar-refractivity contribution in [2.75, 3.05) is 20.8 Å². The molecule has 0 amide bonds. The molecule has 0 saturated carbocycles. The second kappa shape index (κ2) is 6.17. The van der Waals surface area contributed by atoms with E-state index in [0.717, 1.165) is 40.1 Å². The summed E-state index contributed by atoms with van der Waals surface area (Å²) in [4.78, 5) is 3.52. The standard InChI is InChI=1S/C19H19ClN2O3/c1-24-15-7-10(8-16(25-2)19(15)23)17-18-12(5-6-21-17)13-9-11(20)3-4-14(13)22-18/h3-4,7-9,17,21-23H,5-6H2,1-2H3/t17-/m0/s1. The van der Waals surface area contributed by atoms with E-state index >= 15 is 0 Å². The Bertz CT molecular complexity index is 926. The van der Waals surface area contributed by atoms with Crippen molar-refractivity contribution in [2.24, 2.45) is 0 Å². The normalized spacial score (nSPS) is 16.7. The Balaban J connectivity index is 1.88. The fourth-order valence-electron chi connectivity index (χ4n) is 3.57. The maximum atomic E-state index is 10.2. The van der Waals surface area contributed by atoms with Gasteiger partial charge in [-0.2, -0.15) is 0 Å². The van der Waals surface area contributed by atoms with E-state index in [1.807, 2.05) is 30.3 Å². The summed E-state index contributed by atoms with van der Waals surface area (Å²) in [5.41, 5.74) is 4.41. The summed E-state index contributed by atoms with van der Waals surface area (Å²) in [7, 11) is 3.06. The van der Waals surface area contributed by atoms with Crippen molar-refractivity contribution in [3.05, 3.63) is 52.2 Å². The number of halogens is 1. The Labute approximate surface area is 150 Å². The van der Waals surface area contributed by atoms with E-state index in [1.165, 1.54) is 19.8 Å². The summed E-state index contributed by atoms with van der Waals surface area (Å²) >= 11 is 6.18. The second-order valence-corrected chi connectivity index (χ2v) is 6.55. The number of phenolic OH excluding ortho intramolecular Hbond substituents is 1. The van der Waals surface area contributed by atoms with Crippen molar-refractivity contribution in [1.29, 1.82) is 0 Å². The molecule has 1 aliphatic rings. The van der Waals surface area contributed by atoms with Crippen LogP contribution in [0.25, 0.3) is 10.9 Å². The lowest BCUT2D eigenvalue weighted by Crippen LogP contribution is -2.30. The van der Waals surface area contributed by atoms with Crippen molar-refractivity contribution >= 4 is 22.5 Å². The number of aromatic hydroxyl groups is 1. The van der Waals surface area contributed by atoms with Gasteiger partial charge in [0.1, 0.15) is 0 Å². The molecule has 1 aromatic heterocycles. The topological polar surface area (TPSA) is 66.5 Å². The van der Waals surface area contributed by atoms with Gasteiger partial charge in [0, 0.05) is 28.2 Å². The molecule has 3 aromatic rings. The molecular formula is C19H19ClN2O3. The van der Waals surface area contributed by atoms with Gasteiger partial charge in [0.25, 0.3) is 0 Å². The largest absolute Gasteiger partial charge is 0.502 e. The van der Waals surface area contributed by atoms with Crippen LogP contribution in [0.4, 0.5) is 0 Å². The van der Waals surface area contributed by atoms with Gasteiger partial charge < -0.3 is 24.9 Å². The number of aromatic amines is 1. The average Bonchev–Trinajstić information content (AvgIpc) is 3.00. The van der Waals surface area contributed by atoms with Gasteiger partial charge in [-0.3, -0.25) is 0 Å². The quantitative estimate of drug-likeness (QED) is 0.666. The number of hydrogen-bond donors (Lipinski definition) is 3. The Morgan fingerprint density at radius 2 is 1.84 bits per heavy atom. The Kier molecular flexibility index (Phi) is 3.98. The Morgan fingerprint density at radius 1 is 1.12 bits per heavy atom. The van der Waals surface area contributed by atoms with Gasteiger partial charge in [0.05, 0.1) is 20.3 Å². The van der Waals surface area contributed by atoms with E-state index in [9.17, 15) is 5.11 Å². The zero-order valence-electron chi connectivity index (χ0n) is 14.0. The molecule has 0 saturated heterocycles. The minimum Gasteiger partial charge on any atom is -0.502 e. The number of ether oxygens (including phenoxy) is 2. The van der Waals surface area contributed by atoms with Gasteiger partial charge in [0.15, 0.2) is 11.5 Å². The van der Waals surface area contributed by atoms with E-state index in [2.05, 4.69) is 10.3 Å². The molecular weight excluding hydrogens is 340 g/mol. The van der Waals surface area contributed by atoms with Crippen LogP contribution < -0.4 is 14.8 Å². The van der Waals surface area contributed by atoms with Gasteiger partial charge in [-0.15, -0.1) is 0 Å². The first-order valence-electron chi connectivity index (χ1n) is 8.10. The number of hydrogen-bond acceptors (Lipinski definition) is 4. The highest BCUT2D eigenvalue weighted by Crippen LogP contribution is 2.41. The number of aromatic nitrogens is 1. The predicted octanol–water partition coefficient (Wildman–Crippen LogP) is 3.78. The number of H-pyrrole nitrogens is 1. The van der Waals surface area contributed by atoms with E-state index in [-0.39, 0.29) is 11.8 Å². The van der Waals surface area contributed by atoms with Crippen LogP contribution in [0.15, 0.2) is 30.3 Å². The fraction of sp³-hybridized carbons (Fsp3) is 0.263. The molecule has 25 heavy (non-hydrogen) atoms. The van der Waals surface area contributed by atoms with Crippen molar-refractivity contribution < 1.29 is 14.6 Å². The second-order valence-electron chi connectivity index (χ2n) is 6.12. The van der Waals surface area contributed by atoms with Crippen molar-refractivity contribution in [3.63, 3.8) is 0 Å². The van der Waals surface area contributed by atoms with E-state index < -0.39 is 0 Å². The average molecular weight is 359 g/mol. The SMILES string of the molecule is COc1cc([C@@H]2NCCc3c2[nH]c2ccc(Cl)cc32)cc(OC)c1O. The fourth-order valence-corrected chi connectivity index (χ4v) is 3.74. The molecule has 0 spiro atoms. The minimum atomic E-state index is -0.0432. The van der Waals surface area contributed by atoms with Crippen molar-refractivity contribution in [3.8, 4) is 17.2 Å². The number of benzene rings is 2. The highest BCUT2D eigenvalue weighted by atomic mass is 35.5. The number of nitrogens with one attached hydrogen (secondary N) is 2. The van der Waals surface area contributed by atoms with Crippen molar-refractivity contribution in [1.82, 2.24) is 10.3 Å². The maximum Gasteiger partial charge on any atom is 0.200 e. The van der Waals surface area contributed by atoms with Crippen LogP contribution in [0.5, 0.6) is 17.2 Å². The summed E-state index contributed by atoms with van der Waals surface area (Å²) in [6.07, 6.45) is 0.929. The third-order valence-corrected chi connectivity index (χ3v) is 4.98. The lowest BCUT2D eigenvalue weighted by atomic mass is 9.94. The molecule has 6 heteroatoms. The van der Waals surface area contributed by atoms with Gasteiger partial charge in [-0.25, -0.2) is 0 Å². The number of methoxy groups -OCH3 is 2. The number of phenols is 1. The summed E-state index contributed by atoms with van der Waals surface area (Å²) in [6.45, 7) is 0.850. The smallest absolute Gasteiger partial charge is 0.200 e. The van der Waals surface area contributed by atoms with Crippen LogP contribution in [-0.2, 0) is 6.42 Å². The van der Waals surface area contributed by atoms with Crippen LogP contribution in [0.1, 0.15) is 22.9 Å². The van der Waals surface area contributed by atoms with Gasteiger partial charge in [-0.1, -0.05) is 11.6 Å². The first-order valence-corrected chi connectivity index (χ1v) is 8.48. The van der Waals surface area contributed by atoms with Gasteiger partial charge >= 0.3 is 0 Å². The molecule has 0 radical (unpaired) electrons. The van der Waals surface area contributed by atoms with Crippen LogP contribution in [-0.4, -0.2) is 30.9 Å². The molecule has 0 unspecified atom stereocenters. The van der Waals surface area contributed by atoms with Crippen LogP contribution in [0.2, 0.25) is 5.02 Å². The molecule has 1 atom stereocenters. The lowest BCUT2D eigenvalue weighted by Gasteiger charge is -2.25. The van der Waals surface area contributed by atoms with Crippen LogP contribution in [0, 0.1) is 0 Å². The monoisotopic (exact) mass is 358 g/mol. The minimum absolute atomic E-state index is 0.00760. The van der Waals surface area contributed by atoms with Crippen LogP contribution >= 0.6 is 11.6 Å². The maximum absolute atomic E-state index is 10.2. The molecule has 2 heterocycles. The number of fused-ring (bicyclic) bond motifs is 3. The third-order valence-electron chi connectivity index (χ3n) is 4.75. The van der Waals surface area contributed by atoms with Gasteiger partial charge in [-0.05, 0) is 47.9 Å². The first-order chi connectivity index (χ1) is 12.1. The first kappa shape index (κ1) is 16.1. The highest BCUT2D eigenvalue weighted by Gasteiger charge is 2.27.